The Morgan fingerprint density at radius 1 is 0.905 bits per heavy atom. The molecule has 0 radical (unpaired) electrons. The van der Waals surface area contributed by atoms with Gasteiger partial charge in [0, 0.05) is 6.54 Å². The van der Waals surface area contributed by atoms with Gasteiger partial charge in [-0.1, -0.05) is 62.7 Å². The second kappa shape index (κ2) is 7.99. The molecule has 0 aliphatic carbocycles. The molecule has 0 atom stereocenters. The van der Waals surface area contributed by atoms with Crippen LogP contribution in [0.3, 0.4) is 0 Å². The zero-order valence-electron chi connectivity index (χ0n) is 13.6. The van der Waals surface area contributed by atoms with Crippen LogP contribution in [0.25, 0.3) is 11.1 Å². The molecule has 1 nitrogen and oxygen atoms in total. The molecule has 0 aliphatic rings. The highest BCUT2D eigenvalue weighted by molar-refractivity contribution is 5.67. The van der Waals surface area contributed by atoms with Crippen LogP contribution in [-0.2, 0) is 13.0 Å². The molecule has 0 spiro atoms. The minimum atomic E-state index is 0.952. The molecule has 0 unspecified atom stereocenters. The van der Waals surface area contributed by atoms with Gasteiger partial charge in [-0.05, 0) is 54.1 Å². The molecule has 1 heteroatoms. The first-order chi connectivity index (χ1) is 10.2. The summed E-state index contributed by atoms with van der Waals surface area (Å²) >= 11 is 0. The maximum atomic E-state index is 3.38. The summed E-state index contributed by atoms with van der Waals surface area (Å²) in [4.78, 5) is 0. The Kier molecular flexibility index (Phi) is 6.01. The Morgan fingerprint density at radius 3 is 2.24 bits per heavy atom. The molecule has 0 bridgehead atoms. The van der Waals surface area contributed by atoms with Crippen molar-refractivity contribution in [3.05, 3.63) is 59.2 Å². The van der Waals surface area contributed by atoms with Gasteiger partial charge in [-0.2, -0.15) is 0 Å². The van der Waals surface area contributed by atoms with Gasteiger partial charge in [0.1, 0.15) is 0 Å². The van der Waals surface area contributed by atoms with E-state index in [2.05, 4.69) is 68.6 Å². The molecule has 0 saturated heterocycles. The van der Waals surface area contributed by atoms with E-state index in [0.29, 0.717) is 0 Å². The second-order valence-corrected chi connectivity index (χ2v) is 5.73. The van der Waals surface area contributed by atoms with Crippen molar-refractivity contribution < 1.29 is 0 Å². The van der Waals surface area contributed by atoms with E-state index in [-0.39, 0.29) is 0 Å². The first-order valence-electron chi connectivity index (χ1n) is 8.14. The lowest BCUT2D eigenvalue weighted by Crippen LogP contribution is -2.11. The molecule has 112 valence electrons. The highest BCUT2D eigenvalue weighted by Crippen LogP contribution is 2.25. The minimum absolute atomic E-state index is 0.952. The van der Waals surface area contributed by atoms with Crippen LogP contribution >= 0.6 is 0 Å². The van der Waals surface area contributed by atoms with Gasteiger partial charge in [-0.3, -0.25) is 0 Å². The lowest BCUT2D eigenvalue weighted by molar-refractivity contribution is 0.726. The number of unbranched alkanes of at least 4 members (excludes halogenated alkanes) is 1. The second-order valence-electron chi connectivity index (χ2n) is 5.73. The summed E-state index contributed by atoms with van der Waals surface area (Å²) in [5.74, 6) is 0. The fraction of sp³-hybridized carbons (Fsp3) is 0.400. The summed E-state index contributed by atoms with van der Waals surface area (Å²) in [6.07, 6.45) is 3.73. The predicted molar refractivity (Wildman–Crippen MR) is 92.6 cm³/mol. The lowest BCUT2D eigenvalue weighted by atomic mass is 9.97. The number of nitrogens with one attached hydrogen (secondary N) is 1. The average molecular weight is 281 g/mol. The van der Waals surface area contributed by atoms with Gasteiger partial charge in [0.05, 0.1) is 0 Å². The number of hydrogen-bond acceptors (Lipinski definition) is 1. The summed E-state index contributed by atoms with van der Waals surface area (Å²) in [5, 5.41) is 3.38. The van der Waals surface area contributed by atoms with Crippen molar-refractivity contribution >= 4 is 0 Å². The molecule has 0 heterocycles. The highest BCUT2D eigenvalue weighted by Gasteiger charge is 2.03. The van der Waals surface area contributed by atoms with Crippen molar-refractivity contribution in [3.8, 4) is 11.1 Å². The first kappa shape index (κ1) is 15.8. The van der Waals surface area contributed by atoms with Crippen LogP contribution in [0.4, 0.5) is 0 Å². The van der Waals surface area contributed by atoms with Gasteiger partial charge >= 0.3 is 0 Å². The monoisotopic (exact) mass is 281 g/mol. The van der Waals surface area contributed by atoms with E-state index >= 15 is 0 Å². The van der Waals surface area contributed by atoms with Crippen LogP contribution in [-0.4, -0.2) is 6.54 Å². The van der Waals surface area contributed by atoms with E-state index < -0.39 is 0 Å². The molecule has 0 fully saturated rings. The minimum Gasteiger partial charge on any atom is -0.313 e. The molecule has 2 rings (SSSR count). The first-order valence-corrected chi connectivity index (χ1v) is 8.14. The van der Waals surface area contributed by atoms with E-state index in [9.17, 15) is 0 Å². The summed E-state index contributed by atoms with van der Waals surface area (Å²) in [7, 11) is 0. The highest BCUT2D eigenvalue weighted by atomic mass is 14.8. The SMILES string of the molecule is CCCCc1ccc(-c2ccc(CNCC)cc2C)cc1. The van der Waals surface area contributed by atoms with Crippen LogP contribution in [0, 0.1) is 6.92 Å². The van der Waals surface area contributed by atoms with E-state index in [1.165, 1.54) is 47.1 Å². The molecule has 0 saturated carbocycles. The Hall–Kier alpha value is -1.60. The molecule has 2 aromatic carbocycles. The van der Waals surface area contributed by atoms with Crippen molar-refractivity contribution in [1.29, 1.82) is 0 Å². The Morgan fingerprint density at radius 2 is 1.62 bits per heavy atom. The number of benzene rings is 2. The Bertz CT molecular complexity index is 555. The third-order valence-electron chi connectivity index (χ3n) is 3.95. The topological polar surface area (TPSA) is 12.0 Å². The quantitative estimate of drug-likeness (QED) is 0.743. The molecule has 0 amide bonds. The van der Waals surface area contributed by atoms with Crippen molar-refractivity contribution in [1.82, 2.24) is 5.32 Å². The summed E-state index contributed by atoms with van der Waals surface area (Å²) in [6.45, 7) is 8.55. The van der Waals surface area contributed by atoms with Gasteiger partial charge in [-0.25, -0.2) is 0 Å². The molecule has 2 aromatic rings. The molecular formula is C20H27N. The Balaban J connectivity index is 2.13. The standard InChI is InChI=1S/C20H27N/c1-4-6-7-17-8-11-19(12-9-17)20-13-10-18(14-16(20)3)15-21-5-2/h8-14,21H,4-7,15H2,1-3H3. The number of rotatable bonds is 7. The molecule has 0 aliphatic heterocycles. The zero-order chi connectivity index (χ0) is 15.1. The van der Waals surface area contributed by atoms with E-state index in [1.807, 2.05) is 0 Å². The summed E-state index contributed by atoms with van der Waals surface area (Å²) in [5.41, 5.74) is 6.83. The molecule has 1 N–H and O–H groups in total. The van der Waals surface area contributed by atoms with Gasteiger partial charge in [0.15, 0.2) is 0 Å². The van der Waals surface area contributed by atoms with Crippen molar-refractivity contribution in [2.75, 3.05) is 6.54 Å². The van der Waals surface area contributed by atoms with Crippen LogP contribution in [0.15, 0.2) is 42.5 Å². The van der Waals surface area contributed by atoms with E-state index in [1.54, 1.807) is 0 Å². The van der Waals surface area contributed by atoms with Gasteiger partial charge in [0.2, 0.25) is 0 Å². The fourth-order valence-corrected chi connectivity index (χ4v) is 2.66. The third kappa shape index (κ3) is 4.44. The lowest BCUT2D eigenvalue weighted by Gasteiger charge is -2.10. The van der Waals surface area contributed by atoms with Crippen LogP contribution in [0.5, 0.6) is 0 Å². The van der Waals surface area contributed by atoms with Crippen molar-refractivity contribution in [3.63, 3.8) is 0 Å². The Labute approximate surface area is 129 Å². The average Bonchev–Trinajstić information content (AvgIpc) is 2.52. The summed E-state index contributed by atoms with van der Waals surface area (Å²) in [6, 6.07) is 15.9. The number of hydrogen-bond donors (Lipinski definition) is 1. The normalized spacial score (nSPS) is 10.8. The molecule has 0 aromatic heterocycles. The van der Waals surface area contributed by atoms with Gasteiger partial charge in [-0.15, -0.1) is 0 Å². The van der Waals surface area contributed by atoms with Gasteiger partial charge < -0.3 is 5.32 Å². The summed E-state index contributed by atoms with van der Waals surface area (Å²) < 4.78 is 0. The third-order valence-corrected chi connectivity index (χ3v) is 3.95. The van der Waals surface area contributed by atoms with E-state index in [4.69, 9.17) is 0 Å². The number of aryl methyl sites for hydroxylation is 2. The maximum Gasteiger partial charge on any atom is 0.0205 e. The molecular weight excluding hydrogens is 254 g/mol. The maximum absolute atomic E-state index is 3.38. The van der Waals surface area contributed by atoms with Crippen LogP contribution in [0.1, 0.15) is 43.4 Å². The van der Waals surface area contributed by atoms with Crippen molar-refractivity contribution in [2.45, 2.75) is 46.6 Å². The van der Waals surface area contributed by atoms with Crippen LogP contribution in [0.2, 0.25) is 0 Å². The fourth-order valence-electron chi connectivity index (χ4n) is 2.66. The molecule has 21 heavy (non-hydrogen) atoms. The van der Waals surface area contributed by atoms with Crippen LogP contribution < -0.4 is 5.32 Å². The van der Waals surface area contributed by atoms with E-state index in [0.717, 1.165) is 13.1 Å². The smallest absolute Gasteiger partial charge is 0.0205 e. The zero-order valence-corrected chi connectivity index (χ0v) is 13.6. The predicted octanol–water partition coefficient (Wildman–Crippen LogP) is 5.11. The van der Waals surface area contributed by atoms with Crippen molar-refractivity contribution in [2.24, 2.45) is 0 Å². The van der Waals surface area contributed by atoms with Gasteiger partial charge in [0.25, 0.3) is 0 Å². The largest absolute Gasteiger partial charge is 0.313 e.